The van der Waals surface area contributed by atoms with E-state index < -0.39 is 0 Å². The van der Waals surface area contributed by atoms with Gasteiger partial charge in [-0.3, -0.25) is 0 Å². The molecule has 0 aliphatic rings. The van der Waals surface area contributed by atoms with Crippen LogP contribution in [0.1, 0.15) is 0 Å². The molecule has 18 heavy (non-hydrogen) atoms. The van der Waals surface area contributed by atoms with Crippen LogP contribution in [0.3, 0.4) is 0 Å². The number of fused-ring (bicyclic) bond motifs is 2. The van der Waals surface area contributed by atoms with Gasteiger partial charge in [0.25, 0.3) is 0 Å². The molecular formula is C12H6N4OS. The summed E-state index contributed by atoms with van der Waals surface area (Å²) in [7, 11) is 0. The predicted octanol–water partition coefficient (Wildman–Crippen LogP) is 2.89. The highest BCUT2D eigenvalue weighted by molar-refractivity contribution is 7.00. The number of hydrogen-bond acceptors (Lipinski definition) is 6. The highest BCUT2D eigenvalue weighted by Gasteiger charge is 2.09. The molecule has 2 aromatic carbocycles. The Labute approximate surface area is 105 Å². The fourth-order valence-electron chi connectivity index (χ4n) is 1.99. The first-order chi connectivity index (χ1) is 8.92. The van der Waals surface area contributed by atoms with Crippen LogP contribution in [0.2, 0.25) is 0 Å². The second-order valence-corrected chi connectivity index (χ2v) is 4.43. The average Bonchev–Trinajstić information content (AvgIpc) is 3.05. The van der Waals surface area contributed by atoms with Gasteiger partial charge in [-0.25, -0.2) is 4.63 Å². The smallest absolute Gasteiger partial charge is 0.135 e. The minimum Gasteiger partial charge on any atom is -0.243 e. The largest absolute Gasteiger partial charge is 0.243 e. The molecule has 0 aliphatic carbocycles. The molecule has 0 saturated carbocycles. The molecule has 5 nitrogen and oxygen atoms in total. The van der Waals surface area contributed by atoms with Crippen LogP contribution >= 0.6 is 11.7 Å². The summed E-state index contributed by atoms with van der Waals surface area (Å²) in [6, 6.07) is 11.8. The molecule has 4 rings (SSSR count). The van der Waals surface area contributed by atoms with Gasteiger partial charge in [0, 0.05) is 5.56 Å². The van der Waals surface area contributed by atoms with Crippen LogP contribution in [0.4, 0.5) is 0 Å². The van der Waals surface area contributed by atoms with E-state index >= 15 is 0 Å². The Kier molecular flexibility index (Phi) is 1.92. The fourth-order valence-corrected chi connectivity index (χ4v) is 2.54. The maximum atomic E-state index is 4.70. The molecule has 86 valence electrons. The zero-order chi connectivity index (χ0) is 11.9. The van der Waals surface area contributed by atoms with Gasteiger partial charge in [-0.05, 0) is 34.1 Å². The number of benzene rings is 2. The summed E-state index contributed by atoms with van der Waals surface area (Å²) in [5.74, 6) is 0. The van der Waals surface area contributed by atoms with Crippen LogP contribution in [0.25, 0.3) is 33.2 Å². The van der Waals surface area contributed by atoms with E-state index in [9.17, 15) is 0 Å². The minimum absolute atomic E-state index is 0.743. The monoisotopic (exact) mass is 254 g/mol. The summed E-state index contributed by atoms with van der Waals surface area (Å²) in [5.41, 5.74) is 5.41. The molecule has 2 heterocycles. The molecule has 0 atom stereocenters. The standard InChI is InChI=1S/C12H6N4OS/c1-2-8(12-10(3-1)15-18-16-12)7-4-5-9-11(6-7)14-17-13-9/h1-6H. The van der Waals surface area contributed by atoms with Gasteiger partial charge in [-0.1, -0.05) is 18.2 Å². The first-order valence-electron chi connectivity index (χ1n) is 5.36. The zero-order valence-electron chi connectivity index (χ0n) is 9.07. The summed E-state index contributed by atoms with van der Waals surface area (Å²) < 4.78 is 13.3. The number of hydrogen-bond donors (Lipinski definition) is 0. The summed E-state index contributed by atoms with van der Waals surface area (Å²) >= 11 is 1.22. The molecule has 0 bridgehead atoms. The maximum absolute atomic E-state index is 4.70. The van der Waals surface area contributed by atoms with Crippen LogP contribution in [-0.4, -0.2) is 19.1 Å². The predicted molar refractivity (Wildman–Crippen MR) is 68.2 cm³/mol. The molecule has 0 unspecified atom stereocenters. The van der Waals surface area contributed by atoms with Gasteiger partial charge >= 0.3 is 0 Å². The van der Waals surface area contributed by atoms with E-state index in [1.54, 1.807) is 0 Å². The first kappa shape index (κ1) is 9.67. The molecule has 0 saturated heterocycles. The van der Waals surface area contributed by atoms with Crippen LogP contribution in [0.15, 0.2) is 41.0 Å². The first-order valence-corrected chi connectivity index (χ1v) is 6.09. The van der Waals surface area contributed by atoms with Gasteiger partial charge < -0.3 is 0 Å². The molecule has 6 heteroatoms. The molecule has 2 aromatic heterocycles. The zero-order valence-corrected chi connectivity index (χ0v) is 9.89. The van der Waals surface area contributed by atoms with E-state index in [1.165, 1.54) is 11.7 Å². The quantitative estimate of drug-likeness (QED) is 0.522. The van der Waals surface area contributed by atoms with Crippen molar-refractivity contribution < 1.29 is 4.63 Å². The van der Waals surface area contributed by atoms with Crippen LogP contribution in [0, 0.1) is 0 Å². The van der Waals surface area contributed by atoms with Crippen molar-refractivity contribution in [2.75, 3.05) is 0 Å². The lowest BCUT2D eigenvalue weighted by Gasteiger charge is -2.01. The summed E-state index contributed by atoms with van der Waals surface area (Å²) in [5, 5.41) is 7.65. The number of nitrogens with zero attached hydrogens (tertiary/aromatic N) is 4. The molecule has 0 radical (unpaired) electrons. The Hall–Kier alpha value is -2.34. The van der Waals surface area contributed by atoms with Crippen molar-refractivity contribution in [1.82, 2.24) is 19.1 Å². The molecule has 4 aromatic rings. The second kappa shape index (κ2) is 3.58. The lowest BCUT2D eigenvalue weighted by atomic mass is 10.0. The van der Waals surface area contributed by atoms with Crippen molar-refractivity contribution in [3.8, 4) is 11.1 Å². The van der Waals surface area contributed by atoms with Gasteiger partial charge in [0.15, 0.2) is 0 Å². The van der Waals surface area contributed by atoms with Crippen molar-refractivity contribution in [2.45, 2.75) is 0 Å². The van der Waals surface area contributed by atoms with Crippen molar-refractivity contribution in [2.24, 2.45) is 0 Å². The molecule has 0 N–H and O–H groups in total. The third-order valence-corrected chi connectivity index (χ3v) is 3.39. The van der Waals surface area contributed by atoms with E-state index in [0.29, 0.717) is 0 Å². The maximum Gasteiger partial charge on any atom is 0.135 e. The second-order valence-electron chi connectivity index (χ2n) is 3.91. The summed E-state index contributed by atoms with van der Waals surface area (Å²) in [6.45, 7) is 0. The summed E-state index contributed by atoms with van der Waals surface area (Å²) in [4.78, 5) is 0. The van der Waals surface area contributed by atoms with Crippen molar-refractivity contribution in [1.29, 1.82) is 0 Å². The minimum atomic E-state index is 0.743. The Morgan fingerprint density at radius 2 is 1.83 bits per heavy atom. The summed E-state index contributed by atoms with van der Waals surface area (Å²) in [6.07, 6.45) is 0. The third kappa shape index (κ3) is 1.32. The molecule has 0 amide bonds. The van der Waals surface area contributed by atoms with Crippen molar-refractivity contribution in [3.05, 3.63) is 36.4 Å². The van der Waals surface area contributed by atoms with Crippen LogP contribution < -0.4 is 0 Å². The Bertz CT molecular complexity index is 851. The van der Waals surface area contributed by atoms with Gasteiger partial charge in [-0.2, -0.15) is 8.75 Å². The molecule has 0 aliphatic heterocycles. The van der Waals surface area contributed by atoms with E-state index in [4.69, 9.17) is 4.63 Å². The molecule has 0 spiro atoms. The number of aromatic nitrogens is 4. The highest BCUT2D eigenvalue weighted by Crippen LogP contribution is 2.28. The third-order valence-electron chi connectivity index (χ3n) is 2.85. The average molecular weight is 254 g/mol. The van der Waals surface area contributed by atoms with Crippen molar-refractivity contribution >= 4 is 33.8 Å². The Morgan fingerprint density at radius 1 is 0.889 bits per heavy atom. The number of rotatable bonds is 1. The lowest BCUT2D eigenvalue weighted by molar-refractivity contribution is 0.315. The van der Waals surface area contributed by atoms with Gasteiger partial charge in [-0.15, -0.1) is 0 Å². The van der Waals surface area contributed by atoms with E-state index in [-0.39, 0.29) is 0 Å². The van der Waals surface area contributed by atoms with Crippen LogP contribution in [0.5, 0.6) is 0 Å². The molecular weight excluding hydrogens is 248 g/mol. The lowest BCUT2D eigenvalue weighted by Crippen LogP contribution is -1.81. The van der Waals surface area contributed by atoms with Crippen molar-refractivity contribution in [3.63, 3.8) is 0 Å². The van der Waals surface area contributed by atoms with E-state index in [1.807, 2.05) is 36.4 Å². The SMILES string of the molecule is c1cc(-c2ccc3nonc3c2)c2nsnc2c1. The normalized spacial score (nSPS) is 11.3. The van der Waals surface area contributed by atoms with Crippen LogP contribution in [-0.2, 0) is 0 Å². The van der Waals surface area contributed by atoms with E-state index in [2.05, 4.69) is 19.1 Å². The van der Waals surface area contributed by atoms with Gasteiger partial charge in [0.1, 0.15) is 22.1 Å². The highest BCUT2D eigenvalue weighted by atomic mass is 32.1. The van der Waals surface area contributed by atoms with E-state index in [0.717, 1.165) is 33.2 Å². The fraction of sp³-hybridized carbons (Fsp3) is 0. The van der Waals surface area contributed by atoms with Gasteiger partial charge in [0.05, 0.1) is 11.7 Å². The Morgan fingerprint density at radius 3 is 2.83 bits per heavy atom. The Balaban J connectivity index is 2.03. The topological polar surface area (TPSA) is 64.7 Å². The van der Waals surface area contributed by atoms with Gasteiger partial charge in [0.2, 0.25) is 0 Å². The molecule has 0 fully saturated rings.